The van der Waals surface area contributed by atoms with Gasteiger partial charge in [0.15, 0.2) is 0 Å². The summed E-state index contributed by atoms with van der Waals surface area (Å²) < 4.78 is 16.7. The zero-order valence-corrected chi connectivity index (χ0v) is 14.0. The monoisotopic (exact) mass is 334 g/mol. The van der Waals surface area contributed by atoms with Gasteiger partial charge in [0.2, 0.25) is 0 Å². The topological polar surface area (TPSA) is 47.9 Å². The van der Waals surface area contributed by atoms with Crippen LogP contribution in [0.15, 0.2) is 66.7 Å². The van der Waals surface area contributed by atoms with Gasteiger partial charge in [-0.1, -0.05) is 30.3 Å². The maximum atomic E-state index is 11.8. The second kappa shape index (κ2) is 5.83. The van der Waals surface area contributed by atoms with Crippen molar-refractivity contribution in [3.05, 3.63) is 83.4 Å². The van der Waals surface area contributed by atoms with E-state index in [1.807, 2.05) is 54.6 Å². The minimum absolute atomic E-state index is 0.562. The van der Waals surface area contributed by atoms with Crippen LogP contribution in [0, 0.1) is 0 Å². The summed E-state index contributed by atoms with van der Waals surface area (Å²) in [6, 6.07) is 20.5. The largest absolute Gasteiger partial charge is 0.497 e. The van der Waals surface area contributed by atoms with Crippen LogP contribution in [0.25, 0.3) is 0 Å². The van der Waals surface area contributed by atoms with E-state index in [0.717, 1.165) is 5.56 Å². The molecule has 0 unspecified atom stereocenters. The summed E-state index contributed by atoms with van der Waals surface area (Å²) >= 11 is 0. The highest BCUT2D eigenvalue weighted by atomic mass is 16.5. The van der Waals surface area contributed by atoms with E-state index in [-0.39, 0.29) is 0 Å². The molecule has 4 rings (SSSR count). The van der Waals surface area contributed by atoms with E-state index >= 15 is 0 Å². The van der Waals surface area contributed by atoms with Crippen molar-refractivity contribution in [3.63, 3.8) is 0 Å². The van der Waals surface area contributed by atoms with Crippen molar-refractivity contribution in [2.75, 3.05) is 14.2 Å². The van der Waals surface area contributed by atoms with Gasteiger partial charge in [-0.25, -0.2) is 0 Å². The number of hydrogen-bond acceptors (Lipinski definition) is 4. The molecule has 3 aromatic carbocycles. The first kappa shape index (κ1) is 15.5. The molecule has 1 heterocycles. The predicted octanol–water partition coefficient (Wildman–Crippen LogP) is 4.09. The summed E-state index contributed by atoms with van der Waals surface area (Å²) in [5.41, 5.74) is 0.813. The lowest BCUT2D eigenvalue weighted by Gasteiger charge is -2.36. The molecule has 0 bridgehead atoms. The number of methoxy groups -OCH3 is 2. The molecule has 1 aliphatic heterocycles. The molecule has 1 aliphatic rings. The third-order valence-electron chi connectivity index (χ3n) is 4.57. The van der Waals surface area contributed by atoms with Gasteiger partial charge in [0.1, 0.15) is 28.6 Å². The first-order valence-corrected chi connectivity index (χ1v) is 7.99. The van der Waals surface area contributed by atoms with Crippen molar-refractivity contribution in [1.82, 2.24) is 0 Å². The van der Waals surface area contributed by atoms with Gasteiger partial charge in [0.25, 0.3) is 0 Å². The summed E-state index contributed by atoms with van der Waals surface area (Å²) in [4.78, 5) is 0. The molecule has 0 aliphatic carbocycles. The second-order valence-corrected chi connectivity index (χ2v) is 5.90. The predicted molar refractivity (Wildman–Crippen MR) is 94.6 cm³/mol. The highest BCUT2D eigenvalue weighted by Gasteiger charge is 2.42. The van der Waals surface area contributed by atoms with Crippen LogP contribution >= 0.6 is 0 Å². The molecule has 126 valence electrons. The van der Waals surface area contributed by atoms with E-state index in [2.05, 4.69) is 0 Å². The van der Waals surface area contributed by atoms with Crippen LogP contribution in [0.4, 0.5) is 0 Å². The van der Waals surface area contributed by atoms with Crippen molar-refractivity contribution in [2.24, 2.45) is 0 Å². The first-order chi connectivity index (χ1) is 12.2. The molecule has 0 saturated heterocycles. The van der Waals surface area contributed by atoms with Gasteiger partial charge < -0.3 is 19.3 Å². The van der Waals surface area contributed by atoms with Gasteiger partial charge in [-0.15, -0.1) is 0 Å². The van der Waals surface area contributed by atoms with E-state index in [4.69, 9.17) is 14.2 Å². The molecule has 0 fully saturated rings. The Labute approximate surface area is 146 Å². The quantitative estimate of drug-likeness (QED) is 0.783. The molecular formula is C21H18O4. The van der Waals surface area contributed by atoms with Gasteiger partial charge in [0, 0.05) is 23.3 Å². The first-order valence-electron chi connectivity index (χ1n) is 7.99. The van der Waals surface area contributed by atoms with Gasteiger partial charge in [0.05, 0.1) is 14.2 Å². The summed E-state index contributed by atoms with van der Waals surface area (Å²) in [7, 11) is 3.20. The lowest BCUT2D eigenvalue weighted by Crippen LogP contribution is -2.32. The van der Waals surface area contributed by atoms with Gasteiger partial charge >= 0.3 is 0 Å². The average Bonchev–Trinajstić information content (AvgIpc) is 2.67. The maximum Gasteiger partial charge on any atom is 0.147 e. The summed E-state index contributed by atoms with van der Waals surface area (Å²) in [6.07, 6.45) is 0. The minimum Gasteiger partial charge on any atom is -0.497 e. The third kappa shape index (κ3) is 2.34. The van der Waals surface area contributed by atoms with E-state index < -0.39 is 5.60 Å². The Bertz CT molecular complexity index is 865. The fraction of sp³-hybridized carbons (Fsp3) is 0.143. The Hall–Kier alpha value is -2.98. The molecule has 0 spiro atoms. The van der Waals surface area contributed by atoms with Crippen molar-refractivity contribution in [2.45, 2.75) is 5.60 Å². The summed E-state index contributed by atoms with van der Waals surface area (Å²) in [5.74, 6) is 2.46. The van der Waals surface area contributed by atoms with Crippen LogP contribution in [0.5, 0.6) is 23.0 Å². The molecule has 25 heavy (non-hydrogen) atoms. The summed E-state index contributed by atoms with van der Waals surface area (Å²) in [5, 5.41) is 11.8. The number of rotatable bonds is 3. The Morgan fingerprint density at radius 1 is 0.760 bits per heavy atom. The molecule has 0 aromatic heterocycles. The molecule has 4 heteroatoms. The van der Waals surface area contributed by atoms with E-state index in [1.165, 1.54) is 0 Å². The van der Waals surface area contributed by atoms with Crippen molar-refractivity contribution in [3.8, 4) is 23.0 Å². The molecule has 0 atom stereocenters. The highest BCUT2D eigenvalue weighted by molar-refractivity contribution is 5.63. The Balaban J connectivity index is 2.00. The smallest absolute Gasteiger partial charge is 0.147 e. The normalized spacial score (nSPS) is 14.0. The number of fused-ring (bicyclic) bond motifs is 2. The molecule has 0 amide bonds. The molecule has 0 saturated carbocycles. The lowest BCUT2D eigenvalue weighted by molar-refractivity contribution is 0.112. The minimum atomic E-state index is -1.32. The van der Waals surface area contributed by atoms with Crippen molar-refractivity contribution in [1.29, 1.82) is 0 Å². The third-order valence-corrected chi connectivity index (χ3v) is 4.57. The van der Waals surface area contributed by atoms with Crippen LogP contribution in [-0.2, 0) is 5.60 Å². The van der Waals surface area contributed by atoms with Crippen molar-refractivity contribution >= 4 is 0 Å². The zero-order chi connectivity index (χ0) is 17.4. The van der Waals surface area contributed by atoms with Crippen LogP contribution in [0.3, 0.4) is 0 Å². The summed E-state index contributed by atoms with van der Waals surface area (Å²) in [6.45, 7) is 0. The molecule has 1 N–H and O–H groups in total. The fourth-order valence-electron chi connectivity index (χ4n) is 3.28. The van der Waals surface area contributed by atoms with Crippen LogP contribution in [-0.4, -0.2) is 19.3 Å². The second-order valence-electron chi connectivity index (χ2n) is 5.90. The Morgan fingerprint density at radius 3 is 1.76 bits per heavy atom. The fourth-order valence-corrected chi connectivity index (χ4v) is 3.28. The van der Waals surface area contributed by atoms with Gasteiger partial charge in [-0.05, 0) is 29.8 Å². The van der Waals surface area contributed by atoms with Crippen molar-refractivity contribution < 1.29 is 19.3 Å². The maximum absolute atomic E-state index is 11.8. The highest BCUT2D eigenvalue weighted by Crippen LogP contribution is 2.51. The van der Waals surface area contributed by atoms with E-state index in [1.54, 1.807) is 26.4 Å². The molecular weight excluding hydrogens is 316 g/mol. The number of aliphatic hydroxyl groups is 1. The lowest BCUT2D eigenvalue weighted by atomic mass is 9.78. The van der Waals surface area contributed by atoms with Gasteiger partial charge in [-0.2, -0.15) is 0 Å². The Kier molecular flexibility index (Phi) is 3.62. The standard InChI is InChI=1S/C21H18O4/c1-23-15-8-10-17-19(12-15)25-20-13-16(24-2)9-11-18(20)21(17,22)14-6-4-3-5-7-14/h3-13,22H,1-2H3. The molecule has 3 aromatic rings. The van der Waals surface area contributed by atoms with E-state index in [0.29, 0.717) is 34.1 Å². The number of ether oxygens (including phenoxy) is 3. The van der Waals surface area contributed by atoms with Crippen LogP contribution in [0.2, 0.25) is 0 Å². The zero-order valence-electron chi connectivity index (χ0n) is 14.0. The molecule has 4 nitrogen and oxygen atoms in total. The average molecular weight is 334 g/mol. The van der Waals surface area contributed by atoms with E-state index in [9.17, 15) is 5.11 Å². The number of hydrogen-bond donors (Lipinski definition) is 1. The Morgan fingerprint density at radius 2 is 1.28 bits per heavy atom. The van der Waals surface area contributed by atoms with Gasteiger partial charge in [-0.3, -0.25) is 0 Å². The number of benzene rings is 3. The molecule has 0 radical (unpaired) electrons. The van der Waals surface area contributed by atoms with Crippen LogP contribution in [0.1, 0.15) is 16.7 Å². The van der Waals surface area contributed by atoms with Crippen LogP contribution < -0.4 is 14.2 Å². The SMILES string of the molecule is COc1ccc2c(c1)Oc1cc(OC)ccc1C2(O)c1ccccc1.